The molecule has 1 aromatic rings. The quantitative estimate of drug-likeness (QED) is 0.564. The predicted octanol–water partition coefficient (Wildman–Crippen LogP) is 3.94. The Hall–Kier alpha value is -0.790. The summed E-state index contributed by atoms with van der Waals surface area (Å²) in [7, 11) is 0. The Bertz CT molecular complexity index is 374. The Morgan fingerprint density at radius 1 is 1.27 bits per heavy atom. The molecule has 0 saturated carbocycles. The number of aromatic nitrogens is 1. The van der Waals surface area contributed by atoms with Gasteiger partial charge in [0.2, 0.25) is 0 Å². The highest BCUT2D eigenvalue weighted by molar-refractivity contribution is 9.10. The molecular weight excluding hydrogens is 292 g/mol. The summed E-state index contributed by atoms with van der Waals surface area (Å²) in [6.45, 7) is 0. The number of rotatable bonds is 1. The maximum atomic E-state index is 12.7. The molecule has 1 rings (SSSR count). The highest BCUT2D eigenvalue weighted by Gasteiger charge is 2.35. The van der Waals surface area contributed by atoms with Crippen LogP contribution < -0.4 is 0 Å². The van der Waals surface area contributed by atoms with E-state index in [1.54, 1.807) is 0 Å². The average Bonchev–Trinajstić information content (AvgIpc) is 2.06. The molecule has 0 aliphatic heterocycles. The van der Waals surface area contributed by atoms with E-state index in [1.165, 1.54) is 0 Å². The van der Waals surface area contributed by atoms with Crippen molar-refractivity contribution in [2.45, 2.75) is 12.6 Å². The maximum Gasteiger partial charge on any atom is 0.419 e. The Balaban J connectivity index is 3.32. The number of hydrogen-bond donors (Lipinski definition) is 0. The second kappa shape index (κ2) is 3.99. The van der Waals surface area contributed by atoms with Crippen molar-refractivity contribution in [1.82, 2.24) is 4.98 Å². The molecule has 8 heteroatoms. The molecule has 0 aliphatic carbocycles. The van der Waals surface area contributed by atoms with Crippen molar-refractivity contribution in [3.63, 3.8) is 0 Å². The number of hydrogen-bond acceptors (Lipinski definition) is 1. The molecule has 15 heavy (non-hydrogen) atoms. The largest absolute Gasteiger partial charge is 0.419 e. The van der Waals surface area contributed by atoms with E-state index in [-0.39, 0.29) is 6.07 Å². The van der Waals surface area contributed by atoms with Crippen molar-refractivity contribution in [3.8, 4) is 0 Å². The minimum absolute atomic E-state index is 0.0153. The monoisotopic (exact) mass is 293 g/mol. The first kappa shape index (κ1) is 12.3. The normalized spacial score (nSPS) is 12.3. The van der Waals surface area contributed by atoms with E-state index in [0.717, 1.165) is 0 Å². The Morgan fingerprint density at radius 2 is 1.80 bits per heavy atom. The van der Waals surface area contributed by atoms with Gasteiger partial charge in [-0.2, -0.15) is 13.2 Å². The summed E-state index contributed by atoms with van der Waals surface area (Å²) in [6.07, 6.45) is -8.10. The van der Waals surface area contributed by atoms with Gasteiger partial charge in [-0.25, -0.2) is 18.2 Å². The van der Waals surface area contributed by atoms with Crippen LogP contribution in [-0.2, 0) is 6.18 Å². The summed E-state index contributed by atoms with van der Waals surface area (Å²) in [6, 6.07) is -0.0153. The van der Waals surface area contributed by atoms with Crippen LogP contribution in [-0.4, -0.2) is 4.98 Å². The van der Waals surface area contributed by atoms with E-state index in [4.69, 9.17) is 0 Å². The molecule has 0 amide bonds. The van der Waals surface area contributed by atoms with Crippen LogP contribution in [0, 0.1) is 5.82 Å². The predicted molar refractivity (Wildman–Crippen MR) is 41.9 cm³/mol. The van der Waals surface area contributed by atoms with Gasteiger partial charge in [-0.3, -0.25) is 0 Å². The molecule has 84 valence electrons. The lowest BCUT2D eigenvalue weighted by Gasteiger charge is -2.10. The van der Waals surface area contributed by atoms with Gasteiger partial charge in [0.05, 0.1) is 5.56 Å². The lowest BCUT2D eigenvalue weighted by Crippen LogP contribution is -2.10. The number of alkyl halides is 5. The van der Waals surface area contributed by atoms with Crippen LogP contribution in [0.2, 0.25) is 0 Å². The van der Waals surface area contributed by atoms with Crippen LogP contribution in [0.15, 0.2) is 10.7 Å². The van der Waals surface area contributed by atoms with Gasteiger partial charge in [-0.15, -0.1) is 0 Å². The zero-order valence-corrected chi connectivity index (χ0v) is 8.33. The highest BCUT2D eigenvalue weighted by atomic mass is 79.9. The maximum absolute atomic E-state index is 12.7. The average molecular weight is 294 g/mol. The van der Waals surface area contributed by atoms with Crippen LogP contribution >= 0.6 is 15.9 Å². The number of nitrogens with zero attached hydrogens (tertiary/aromatic N) is 1. The standard InChI is InChI=1S/C7H2BrF6N/c8-5-2(7(12,13)14)1-3(9)4(15-5)6(10)11/h1,6H. The topological polar surface area (TPSA) is 12.9 Å². The molecule has 0 fully saturated rings. The second-order valence-electron chi connectivity index (χ2n) is 2.49. The van der Waals surface area contributed by atoms with Crippen molar-refractivity contribution in [2.24, 2.45) is 0 Å². The fourth-order valence-corrected chi connectivity index (χ4v) is 1.36. The molecule has 0 aliphatic rings. The zero-order valence-electron chi connectivity index (χ0n) is 6.75. The third kappa shape index (κ3) is 2.61. The highest BCUT2D eigenvalue weighted by Crippen LogP contribution is 2.35. The summed E-state index contributed by atoms with van der Waals surface area (Å²) >= 11 is 2.35. The summed E-state index contributed by atoms with van der Waals surface area (Å²) in [5, 5.41) is 0. The fraction of sp³-hybridized carbons (Fsp3) is 0.286. The van der Waals surface area contributed by atoms with E-state index in [1.807, 2.05) is 0 Å². The van der Waals surface area contributed by atoms with Crippen molar-refractivity contribution in [1.29, 1.82) is 0 Å². The third-order valence-electron chi connectivity index (χ3n) is 1.47. The van der Waals surface area contributed by atoms with Gasteiger partial charge in [0.25, 0.3) is 6.43 Å². The van der Waals surface area contributed by atoms with Gasteiger partial charge in [0.15, 0.2) is 5.82 Å². The van der Waals surface area contributed by atoms with Crippen molar-refractivity contribution >= 4 is 15.9 Å². The molecule has 0 N–H and O–H groups in total. The van der Waals surface area contributed by atoms with Crippen LogP contribution in [0.4, 0.5) is 26.3 Å². The van der Waals surface area contributed by atoms with Gasteiger partial charge in [0, 0.05) is 0 Å². The first-order valence-electron chi connectivity index (χ1n) is 3.44. The molecular formula is C7H2BrF6N. The molecule has 0 aromatic carbocycles. The summed E-state index contributed by atoms with van der Waals surface area (Å²) in [5.74, 6) is -1.68. The number of halogens is 7. The zero-order chi connectivity index (χ0) is 11.8. The van der Waals surface area contributed by atoms with E-state index in [0.29, 0.717) is 0 Å². The van der Waals surface area contributed by atoms with E-state index < -0.39 is 34.3 Å². The van der Waals surface area contributed by atoms with Crippen LogP contribution in [0.5, 0.6) is 0 Å². The van der Waals surface area contributed by atoms with Crippen LogP contribution in [0.3, 0.4) is 0 Å². The van der Waals surface area contributed by atoms with Gasteiger partial charge in [0.1, 0.15) is 10.3 Å². The molecule has 0 atom stereocenters. The van der Waals surface area contributed by atoms with Gasteiger partial charge in [-0.05, 0) is 22.0 Å². The van der Waals surface area contributed by atoms with Gasteiger partial charge < -0.3 is 0 Å². The molecule has 1 aromatic heterocycles. The van der Waals surface area contributed by atoms with Crippen LogP contribution in [0.25, 0.3) is 0 Å². The summed E-state index contributed by atoms with van der Waals surface area (Å²) < 4.78 is 72.4. The van der Waals surface area contributed by atoms with Crippen molar-refractivity contribution in [2.75, 3.05) is 0 Å². The minimum atomic E-state index is -4.84. The molecule has 0 saturated heterocycles. The SMILES string of the molecule is Fc1cc(C(F)(F)F)c(Br)nc1C(F)F. The molecule has 0 radical (unpaired) electrons. The smallest absolute Gasteiger partial charge is 0.236 e. The lowest BCUT2D eigenvalue weighted by molar-refractivity contribution is -0.138. The van der Waals surface area contributed by atoms with Crippen LogP contribution in [0.1, 0.15) is 17.7 Å². The van der Waals surface area contributed by atoms with E-state index >= 15 is 0 Å². The van der Waals surface area contributed by atoms with Gasteiger partial charge in [-0.1, -0.05) is 0 Å². The lowest BCUT2D eigenvalue weighted by atomic mass is 10.2. The fourth-order valence-electron chi connectivity index (χ4n) is 0.831. The summed E-state index contributed by atoms with van der Waals surface area (Å²) in [5.41, 5.74) is -2.74. The minimum Gasteiger partial charge on any atom is -0.236 e. The molecule has 1 nitrogen and oxygen atoms in total. The Kier molecular flexibility index (Phi) is 3.27. The summed E-state index contributed by atoms with van der Waals surface area (Å²) in [4.78, 5) is 2.81. The molecule has 0 spiro atoms. The van der Waals surface area contributed by atoms with Crippen molar-refractivity contribution in [3.05, 3.63) is 27.7 Å². The number of pyridine rings is 1. The first-order valence-corrected chi connectivity index (χ1v) is 4.24. The van der Waals surface area contributed by atoms with E-state index in [9.17, 15) is 26.3 Å². The van der Waals surface area contributed by atoms with Gasteiger partial charge >= 0.3 is 6.18 Å². The molecule has 0 bridgehead atoms. The second-order valence-corrected chi connectivity index (χ2v) is 3.24. The van der Waals surface area contributed by atoms with Crippen molar-refractivity contribution < 1.29 is 26.3 Å². The third-order valence-corrected chi connectivity index (χ3v) is 2.07. The molecule has 0 unspecified atom stereocenters. The first-order chi connectivity index (χ1) is 6.73. The molecule has 1 heterocycles. The Morgan fingerprint density at radius 3 is 2.20 bits per heavy atom. The Labute approximate surface area is 88.2 Å². The van der Waals surface area contributed by atoms with E-state index in [2.05, 4.69) is 20.9 Å².